The van der Waals surface area contributed by atoms with Gasteiger partial charge in [0.1, 0.15) is 11.1 Å². The van der Waals surface area contributed by atoms with Gasteiger partial charge in [0.2, 0.25) is 5.75 Å². The fourth-order valence-electron chi connectivity index (χ4n) is 2.42. The van der Waals surface area contributed by atoms with Crippen LogP contribution in [0.5, 0.6) is 17.2 Å². The molecule has 0 amide bonds. The number of nitrogens with one attached hydrogen (secondary N) is 1. The third kappa shape index (κ3) is 2.47. The predicted molar refractivity (Wildman–Crippen MR) is 85.9 cm³/mol. The van der Waals surface area contributed by atoms with E-state index in [1.54, 1.807) is 18.3 Å². The molecule has 0 aliphatic heterocycles. The summed E-state index contributed by atoms with van der Waals surface area (Å²) in [6.45, 7) is 0. The summed E-state index contributed by atoms with van der Waals surface area (Å²) in [5.74, 6) is 0.339. The lowest BCUT2D eigenvalue weighted by atomic mass is 10.1. The van der Waals surface area contributed by atoms with Crippen molar-refractivity contribution in [1.29, 1.82) is 0 Å². The Kier molecular flexibility index (Phi) is 3.95. The molecule has 0 atom stereocenters. The van der Waals surface area contributed by atoms with Gasteiger partial charge in [-0.2, -0.15) is 0 Å². The van der Waals surface area contributed by atoms with Crippen LogP contribution in [0, 0.1) is 0 Å². The summed E-state index contributed by atoms with van der Waals surface area (Å²) in [6, 6.07) is 3.45. The van der Waals surface area contributed by atoms with Crippen LogP contribution in [-0.2, 0) is 0 Å². The molecule has 3 rings (SSSR count). The van der Waals surface area contributed by atoms with E-state index in [-0.39, 0.29) is 11.1 Å². The van der Waals surface area contributed by atoms with Gasteiger partial charge in [-0.1, -0.05) is 0 Å². The summed E-state index contributed by atoms with van der Waals surface area (Å²) in [4.78, 5) is 22.7. The van der Waals surface area contributed by atoms with Gasteiger partial charge >= 0.3 is 5.97 Å². The minimum absolute atomic E-state index is 0.0618. The molecule has 24 heavy (non-hydrogen) atoms. The Morgan fingerprint density at radius 2 is 1.79 bits per heavy atom. The van der Waals surface area contributed by atoms with Gasteiger partial charge in [0.25, 0.3) is 0 Å². The molecule has 0 saturated carbocycles. The van der Waals surface area contributed by atoms with Gasteiger partial charge in [0, 0.05) is 11.8 Å². The van der Waals surface area contributed by atoms with Gasteiger partial charge in [-0.05, 0) is 12.1 Å². The summed E-state index contributed by atoms with van der Waals surface area (Å²) in [5, 5.41) is 9.22. The van der Waals surface area contributed by atoms with E-state index in [4.69, 9.17) is 14.2 Å². The number of hydrogen-bond donors (Lipinski definition) is 2. The third-order valence-electron chi connectivity index (χ3n) is 3.57. The molecule has 8 heteroatoms. The van der Waals surface area contributed by atoms with E-state index in [0.29, 0.717) is 34.2 Å². The highest BCUT2D eigenvalue weighted by molar-refractivity contribution is 6.00. The maximum absolute atomic E-state index is 11.3. The van der Waals surface area contributed by atoms with Crippen molar-refractivity contribution in [1.82, 2.24) is 15.0 Å². The SMILES string of the molecule is COc1cc(-c2cnc3[nH]cc(C(=O)O)c3n2)cc(OC)c1OC. The maximum atomic E-state index is 11.3. The van der Waals surface area contributed by atoms with E-state index in [1.165, 1.54) is 27.5 Å². The molecule has 0 fully saturated rings. The summed E-state index contributed by atoms with van der Waals surface area (Å²) < 4.78 is 15.9. The van der Waals surface area contributed by atoms with E-state index in [0.717, 1.165) is 0 Å². The molecule has 0 aliphatic carbocycles. The Morgan fingerprint density at radius 1 is 1.12 bits per heavy atom. The molecular weight excluding hydrogens is 314 g/mol. The molecule has 2 N–H and O–H groups in total. The van der Waals surface area contributed by atoms with E-state index < -0.39 is 5.97 Å². The van der Waals surface area contributed by atoms with Gasteiger partial charge in [-0.25, -0.2) is 14.8 Å². The summed E-state index contributed by atoms with van der Waals surface area (Å²) in [7, 11) is 4.56. The van der Waals surface area contributed by atoms with E-state index >= 15 is 0 Å². The first kappa shape index (κ1) is 15.6. The van der Waals surface area contributed by atoms with Crippen LogP contribution in [0.15, 0.2) is 24.5 Å². The Balaban J connectivity index is 2.19. The zero-order valence-electron chi connectivity index (χ0n) is 13.3. The lowest BCUT2D eigenvalue weighted by molar-refractivity contribution is 0.0699. The number of fused-ring (bicyclic) bond motifs is 1. The zero-order valence-corrected chi connectivity index (χ0v) is 13.3. The van der Waals surface area contributed by atoms with E-state index in [2.05, 4.69) is 15.0 Å². The normalized spacial score (nSPS) is 10.6. The number of rotatable bonds is 5. The number of hydrogen-bond acceptors (Lipinski definition) is 6. The molecule has 124 valence electrons. The number of aromatic carboxylic acids is 1. The number of carboxylic acid groups (broad SMARTS) is 1. The second-order valence-electron chi connectivity index (χ2n) is 4.87. The van der Waals surface area contributed by atoms with Crippen LogP contribution in [0.3, 0.4) is 0 Å². The summed E-state index contributed by atoms with van der Waals surface area (Å²) in [6.07, 6.45) is 2.91. The molecule has 0 saturated heterocycles. The van der Waals surface area contributed by atoms with E-state index in [1.807, 2.05) is 0 Å². The highest BCUT2D eigenvalue weighted by atomic mass is 16.5. The molecule has 0 spiro atoms. The maximum Gasteiger partial charge on any atom is 0.339 e. The third-order valence-corrected chi connectivity index (χ3v) is 3.57. The monoisotopic (exact) mass is 329 g/mol. The predicted octanol–water partition coefficient (Wildman–Crippen LogP) is 2.35. The van der Waals surface area contributed by atoms with Gasteiger partial charge in [0.05, 0.1) is 33.2 Å². The standard InChI is InChI=1S/C16H15N3O5/c1-22-11-4-8(5-12(23-2)14(11)24-3)10-7-18-15-13(19-10)9(6-17-15)16(20)21/h4-7H,1-3H3,(H,17,18)(H,20,21). The van der Waals surface area contributed by atoms with Crippen molar-refractivity contribution in [3.8, 4) is 28.5 Å². The van der Waals surface area contributed by atoms with Crippen LogP contribution in [0.2, 0.25) is 0 Å². The van der Waals surface area contributed by atoms with Gasteiger partial charge in [0.15, 0.2) is 17.1 Å². The number of carbonyl (C=O) groups is 1. The van der Waals surface area contributed by atoms with Crippen LogP contribution in [0.4, 0.5) is 0 Å². The van der Waals surface area contributed by atoms with Gasteiger partial charge < -0.3 is 24.3 Å². The molecule has 8 nitrogen and oxygen atoms in total. The van der Waals surface area contributed by atoms with Crippen LogP contribution in [0.1, 0.15) is 10.4 Å². The van der Waals surface area contributed by atoms with Crippen molar-refractivity contribution in [2.24, 2.45) is 0 Å². The highest BCUT2D eigenvalue weighted by Gasteiger charge is 2.17. The minimum Gasteiger partial charge on any atom is -0.493 e. The number of nitrogens with zero attached hydrogens (tertiary/aromatic N) is 2. The average Bonchev–Trinajstić information content (AvgIpc) is 3.03. The first-order chi connectivity index (χ1) is 11.6. The van der Waals surface area contributed by atoms with Crippen molar-refractivity contribution in [2.75, 3.05) is 21.3 Å². The summed E-state index contributed by atoms with van der Waals surface area (Å²) >= 11 is 0. The second kappa shape index (κ2) is 6.07. The Labute approximate surface area is 137 Å². The molecule has 0 bridgehead atoms. The Bertz CT molecular complexity index is 894. The number of ether oxygens (including phenoxy) is 3. The molecule has 0 aliphatic rings. The van der Waals surface area contributed by atoms with Crippen LogP contribution in [-0.4, -0.2) is 47.4 Å². The topological polar surface area (TPSA) is 107 Å². The number of benzene rings is 1. The Morgan fingerprint density at radius 3 is 2.33 bits per heavy atom. The van der Waals surface area contributed by atoms with Crippen molar-refractivity contribution < 1.29 is 24.1 Å². The number of carboxylic acids is 1. The molecule has 0 unspecified atom stereocenters. The van der Waals surface area contributed by atoms with Gasteiger partial charge in [-0.3, -0.25) is 0 Å². The summed E-state index contributed by atoms with van der Waals surface area (Å²) in [5.41, 5.74) is 1.91. The van der Waals surface area contributed by atoms with Crippen molar-refractivity contribution in [2.45, 2.75) is 0 Å². The average molecular weight is 329 g/mol. The van der Waals surface area contributed by atoms with Crippen molar-refractivity contribution in [3.63, 3.8) is 0 Å². The van der Waals surface area contributed by atoms with Gasteiger partial charge in [-0.15, -0.1) is 0 Å². The fraction of sp³-hybridized carbons (Fsp3) is 0.188. The second-order valence-corrected chi connectivity index (χ2v) is 4.87. The zero-order chi connectivity index (χ0) is 17.3. The lowest BCUT2D eigenvalue weighted by Gasteiger charge is -2.13. The van der Waals surface area contributed by atoms with E-state index in [9.17, 15) is 9.90 Å². The highest BCUT2D eigenvalue weighted by Crippen LogP contribution is 2.40. The molecule has 2 aromatic heterocycles. The minimum atomic E-state index is -1.07. The smallest absolute Gasteiger partial charge is 0.339 e. The van der Waals surface area contributed by atoms with Crippen LogP contribution in [0.25, 0.3) is 22.4 Å². The first-order valence-electron chi connectivity index (χ1n) is 6.96. The van der Waals surface area contributed by atoms with Crippen LogP contribution >= 0.6 is 0 Å². The Hall–Kier alpha value is -3.29. The number of methoxy groups -OCH3 is 3. The number of H-pyrrole nitrogens is 1. The largest absolute Gasteiger partial charge is 0.493 e. The number of aromatic amines is 1. The van der Waals surface area contributed by atoms with Crippen molar-refractivity contribution >= 4 is 17.1 Å². The fourth-order valence-corrected chi connectivity index (χ4v) is 2.42. The lowest BCUT2D eigenvalue weighted by Crippen LogP contribution is -1.98. The number of aromatic nitrogens is 3. The first-order valence-corrected chi connectivity index (χ1v) is 6.96. The molecule has 0 radical (unpaired) electrons. The van der Waals surface area contributed by atoms with Crippen LogP contribution < -0.4 is 14.2 Å². The molecule has 1 aromatic carbocycles. The molecular formula is C16H15N3O5. The molecule has 3 aromatic rings. The molecule has 2 heterocycles. The quantitative estimate of drug-likeness (QED) is 0.740. The van der Waals surface area contributed by atoms with Crippen molar-refractivity contribution in [3.05, 3.63) is 30.1 Å².